The highest BCUT2D eigenvalue weighted by Gasteiger charge is 2.32. The van der Waals surface area contributed by atoms with E-state index in [0.29, 0.717) is 19.6 Å². The van der Waals surface area contributed by atoms with Gasteiger partial charge in [0.2, 0.25) is 5.91 Å². The van der Waals surface area contributed by atoms with Gasteiger partial charge in [0.1, 0.15) is 11.5 Å². The predicted octanol–water partition coefficient (Wildman–Crippen LogP) is 1.00. The van der Waals surface area contributed by atoms with Crippen LogP contribution in [0.1, 0.15) is 24.9 Å². The second-order valence-corrected chi connectivity index (χ2v) is 5.72. The van der Waals surface area contributed by atoms with Gasteiger partial charge in [0.15, 0.2) is 0 Å². The maximum Gasteiger partial charge on any atom is 0.236 e. The molecular formula is C14H22N2O3. The number of likely N-dealkylation sites (tertiary alicyclic amines) is 1. The van der Waals surface area contributed by atoms with Crippen molar-refractivity contribution in [3.8, 4) is 0 Å². The number of nitrogens with zero attached hydrogens (tertiary/aromatic N) is 2. The summed E-state index contributed by atoms with van der Waals surface area (Å²) >= 11 is 0. The van der Waals surface area contributed by atoms with Gasteiger partial charge in [-0.2, -0.15) is 0 Å². The highest BCUT2D eigenvalue weighted by Crippen LogP contribution is 2.20. The van der Waals surface area contributed by atoms with Crippen molar-refractivity contribution in [3.63, 3.8) is 0 Å². The van der Waals surface area contributed by atoms with Crippen LogP contribution in [0.25, 0.3) is 0 Å². The van der Waals surface area contributed by atoms with E-state index >= 15 is 0 Å². The van der Waals surface area contributed by atoms with Gasteiger partial charge in [-0.25, -0.2) is 0 Å². The molecule has 1 aliphatic heterocycles. The van der Waals surface area contributed by atoms with Gasteiger partial charge in [-0.15, -0.1) is 0 Å². The molecule has 0 spiro atoms. The lowest BCUT2D eigenvalue weighted by Crippen LogP contribution is -2.38. The van der Waals surface area contributed by atoms with Gasteiger partial charge in [-0.1, -0.05) is 0 Å². The predicted molar refractivity (Wildman–Crippen MR) is 71.6 cm³/mol. The van der Waals surface area contributed by atoms with E-state index in [1.165, 1.54) is 0 Å². The molecule has 0 aliphatic carbocycles. The maximum atomic E-state index is 12.1. The van der Waals surface area contributed by atoms with Crippen molar-refractivity contribution in [1.82, 2.24) is 9.80 Å². The zero-order valence-electron chi connectivity index (χ0n) is 11.8. The summed E-state index contributed by atoms with van der Waals surface area (Å²) in [6.07, 6.45) is 0.724. The Labute approximate surface area is 113 Å². The molecule has 1 N–H and O–H groups in total. The van der Waals surface area contributed by atoms with E-state index in [9.17, 15) is 9.90 Å². The average Bonchev–Trinajstić information content (AvgIpc) is 2.85. The van der Waals surface area contributed by atoms with Gasteiger partial charge in [-0.3, -0.25) is 9.69 Å². The number of likely N-dealkylation sites (N-methyl/N-ethyl adjacent to an activating group) is 1. The number of carbonyl (C=O) groups excluding carboxylic acids is 1. The Bertz CT molecular complexity index is 453. The van der Waals surface area contributed by atoms with Crippen molar-refractivity contribution in [2.24, 2.45) is 0 Å². The zero-order valence-corrected chi connectivity index (χ0v) is 11.8. The second kappa shape index (κ2) is 5.35. The number of carbonyl (C=O) groups is 1. The fourth-order valence-corrected chi connectivity index (χ4v) is 2.38. The fourth-order valence-electron chi connectivity index (χ4n) is 2.38. The second-order valence-electron chi connectivity index (χ2n) is 5.72. The van der Waals surface area contributed by atoms with Crippen molar-refractivity contribution in [2.45, 2.75) is 32.4 Å². The van der Waals surface area contributed by atoms with Crippen LogP contribution in [0.15, 0.2) is 16.5 Å². The summed E-state index contributed by atoms with van der Waals surface area (Å²) < 4.78 is 5.46. The molecule has 106 valence electrons. The monoisotopic (exact) mass is 266 g/mol. The Morgan fingerprint density at radius 3 is 2.84 bits per heavy atom. The van der Waals surface area contributed by atoms with E-state index in [2.05, 4.69) is 0 Å². The number of rotatable bonds is 4. The molecule has 0 bridgehead atoms. The van der Waals surface area contributed by atoms with E-state index in [1.54, 1.807) is 11.9 Å². The van der Waals surface area contributed by atoms with Gasteiger partial charge in [0.25, 0.3) is 0 Å². The molecule has 0 saturated carbocycles. The molecule has 5 heteroatoms. The maximum absolute atomic E-state index is 12.1. The molecule has 1 atom stereocenters. The first-order valence-corrected chi connectivity index (χ1v) is 6.60. The molecule has 2 heterocycles. The van der Waals surface area contributed by atoms with E-state index in [1.807, 2.05) is 30.9 Å². The molecule has 1 fully saturated rings. The lowest BCUT2D eigenvalue weighted by molar-refractivity contribution is -0.131. The summed E-state index contributed by atoms with van der Waals surface area (Å²) in [5, 5.41) is 9.87. The quantitative estimate of drug-likeness (QED) is 0.883. The van der Waals surface area contributed by atoms with Crippen molar-refractivity contribution in [2.75, 3.05) is 26.7 Å². The molecule has 1 aromatic heterocycles. The number of aliphatic hydroxyl groups is 1. The number of hydrogen-bond acceptors (Lipinski definition) is 4. The lowest BCUT2D eigenvalue weighted by Gasteiger charge is -2.22. The van der Waals surface area contributed by atoms with E-state index in [4.69, 9.17) is 4.42 Å². The molecule has 1 aromatic rings. The van der Waals surface area contributed by atoms with Gasteiger partial charge < -0.3 is 14.4 Å². The van der Waals surface area contributed by atoms with Crippen LogP contribution >= 0.6 is 0 Å². The molecular weight excluding hydrogens is 244 g/mol. The number of amides is 1. The Balaban J connectivity index is 1.83. The average molecular weight is 266 g/mol. The van der Waals surface area contributed by atoms with Gasteiger partial charge >= 0.3 is 0 Å². The first kappa shape index (κ1) is 14.1. The Morgan fingerprint density at radius 1 is 1.58 bits per heavy atom. The van der Waals surface area contributed by atoms with Crippen molar-refractivity contribution in [3.05, 3.63) is 23.7 Å². The van der Waals surface area contributed by atoms with Crippen molar-refractivity contribution >= 4 is 5.91 Å². The van der Waals surface area contributed by atoms with Crippen LogP contribution in [-0.4, -0.2) is 53.1 Å². The zero-order chi connectivity index (χ0) is 14.0. The Kier molecular flexibility index (Phi) is 3.96. The number of aryl methyl sites for hydroxylation is 1. The normalized spacial score (nSPS) is 23.8. The molecule has 1 saturated heterocycles. The van der Waals surface area contributed by atoms with Gasteiger partial charge in [0, 0.05) is 20.1 Å². The van der Waals surface area contributed by atoms with E-state index in [-0.39, 0.29) is 5.91 Å². The summed E-state index contributed by atoms with van der Waals surface area (Å²) in [5.41, 5.74) is -0.656. The lowest BCUT2D eigenvalue weighted by atomic mass is 10.1. The third-order valence-electron chi connectivity index (χ3n) is 3.50. The molecule has 19 heavy (non-hydrogen) atoms. The summed E-state index contributed by atoms with van der Waals surface area (Å²) in [6, 6.07) is 3.78. The summed E-state index contributed by atoms with van der Waals surface area (Å²) in [4.78, 5) is 15.7. The molecule has 1 unspecified atom stereocenters. The smallest absolute Gasteiger partial charge is 0.236 e. The van der Waals surface area contributed by atoms with E-state index < -0.39 is 5.60 Å². The number of hydrogen-bond donors (Lipinski definition) is 1. The topological polar surface area (TPSA) is 56.9 Å². The van der Waals surface area contributed by atoms with Crippen LogP contribution in [0.4, 0.5) is 0 Å². The SMILES string of the molecule is Cc1ccc(CN(C)C(=O)CN2CCC(C)(O)C2)o1. The highest BCUT2D eigenvalue weighted by atomic mass is 16.3. The van der Waals surface area contributed by atoms with Crippen LogP contribution in [0.5, 0.6) is 0 Å². The minimum atomic E-state index is -0.656. The first-order valence-electron chi connectivity index (χ1n) is 6.60. The molecule has 1 amide bonds. The third-order valence-corrected chi connectivity index (χ3v) is 3.50. The standard InChI is InChI=1S/C14H22N2O3/c1-11-4-5-12(19-11)8-15(3)13(17)9-16-7-6-14(2,18)10-16/h4-5,18H,6-10H2,1-3H3. The molecule has 5 nitrogen and oxygen atoms in total. The van der Waals surface area contributed by atoms with Crippen LogP contribution in [-0.2, 0) is 11.3 Å². The van der Waals surface area contributed by atoms with Gasteiger partial charge in [0.05, 0.1) is 18.7 Å². The fraction of sp³-hybridized carbons (Fsp3) is 0.643. The summed E-state index contributed by atoms with van der Waals surface area (Å²) in [7, 11) is 1.77. The Hall–Kier alpha value is -1.33. The molecule has 1 aliphatic rings. The Morgan fingerprint density at radius 2 is 2.32 bits per heavy atom. The van der Waals surface area contributed by atoms with E-state index in [0.717, 1.165) is 24.5 Å². The largest absolute Gasteiger partial charge is 0.464 e. The van der Waals surface area contributed by atoms with Gasteiger partial charge in [-0.05, 0) is 32.4 Å². The number of furan rings is 1. The molecule has 2 rings (SSSR count). The van der Waals surface area contributed by atoms with Crippen LogP contribution in [0.3, 0.4) is 0 Å². The van der Waals surface area contributed by atoms with Crippen LogP contribution in [0, 0.1) is 6.92 Å². The first-order chi connectivity index (χ1) is 8.85. The number of β-amino-alcohol motifs (C(OH)–C–C–N with tert-alkyl or cyclic N) is 1. The highest BCUT2D eigenvalue weighted by molar-refractivity contribution is 5.78. The van der Waals surface area contributed by atoms with Crippen LogP contribution in [0.2, 0.25) is 0 Å². The summed E-state index contributed by atoms with van der Waals surface area (Å²) in [5.74, 6) is 1.69. The minimum absolute atomic E-state index is 0.0479. The van der Waals surface area contributed by atoms with Crippen molar-refractivity contribution < 1.29 is 14.3 Å². The van der Waals surface area contributed by atoms with Crippen molar-refractivity contribution in [1.29, 1.82) is 0 Å². The minimum Gasteiger partial charge on any atom is -0.464 e. The molecule has 0 radical (unpaired) electrons. The van der Waals surface area contributed by atoms with Crippen LogP contribution < -0.4 is 0 Å². The third kappa shape index (κ3) is 3.81. The summed E-state index contributed by atoms with van der Waals surface area (Å²) in [6.45, 7) is 5.87. The molecule has 0 aromatic carbocycles.